The Morgan fingerprint density at radius 3 is 2.32 bits per heavy atom. The van der Waals surface area contributed by atoms with Crippen LogP contribution >= 0.6 is 0 Å². The summed E-state index contributed by atoms with van der Waals surface area (Å²) < 4.78 is 49.1. The summed E-state index contributed by atoms with van der Waals surface area (Å²) in [6.45, 7) is 2.70. The molecule has 0 unspecified atom stereocenters. The van der Waals surface area contributed by atoms with Gasteiger partial charge in [-0.2, -0.15) is 0 Å². The number of ether oxygens (including phenoxy) is 4. The van der Waals surface area contributed by atoms with E-state index in [1.165, 1.54) is 24.3 Å². The Bertz CT molecular complexity index is 1240. The van der Waals surface area contributed by atoms with Gasteiger partial charge >= 0.3 is 0 Å². The number of nitrogens with one attached hydrogen (secondary N) is 2. The van der Waals surface area contributed by atoms with Gasteiger partial charge in [0, 0.05) is 12.2 Å². The number of sulfonamides is 1. The summed E-state index contributed by atoms with van der Waals surface area (Å²) >= 11 is 0. The molecule has 0 atom stereocenters. The predicted octanol–water partition coefficient (Wildman–Crippen LogP) is 3.31. The molecule has 0 radical (unpaired) electrons. The molecule has 10 heteroatoms. The van der Waals surface area contributed by atoms with Crippen molar-refractivity contribution in [2.24, 2.45) is 0 Å². The van der Waals surface area contributed by atoms with Crippen LogP contribution in [0.25, 0.3) is 0 Å². The SMILES string of the molecule is CCOc1ccc(NS(=O)(=O)c2ccc(OCC(=O)NCc3ccc4c(c3)OCO4)cc2)cc1. The zero-order chi connectivity index (χ0) is 24.0. The third-order valence-corrected chi connectivity index (χ3v) is 6.25. The second kappa shape index (κ2) is 10.3. The van der Waals surface area contributed by atoms with Gasteiger partial charge in [0.2, 0.25) is 6.79 Å². The van der Waals surface area contributed by atoms with Crippen LogP contribution in [0.1, 0.15) is 12.5 Å². The molecular weight excluding hydrogens is 460 g/mol. The van der Waals surface area contributed by atoms with Gasteiger partial charge < -0.3 is 24.3 Å². The van der Waals surface area contributed by atoms with Gasteiger partial charge in [0.15, 0.2) is 18.1 Å². The van der Waals surface area contributed by atoms with E-state index < -0.39 is 10.0 Å². The third-order valence-electron chi connectivity index (χ3n) is 4.85. The molecule has 178 valence electrons. The normalized spacial score (nSPS) is 12.1. The van der Waals surface area contributed by atoms with Gasteiger partial charge in [-0.25, -0.2) is 8.42 Å². The molecule has 0 aromatic heterocycles. The van der Waals surface area contributed by atoms with E-state index in [2.05, 4.69) is 10.0 Å². The molecule has 0 saturated heterocycles. The standard InChI is InChI=1S/C24H24N2O7S/c1-2-30-19-6-4-18(5-7-19)26-34(28,29)21-10-8-20(9-11-21)31-15-24(27)25-14-17-3-12-22-23(13-17)33-16-32-22/h3-13,26H,2,14-16H2,1H3,(H,25,27). The molecule has 0 spiro atoms. The van der Waals surface area contributed by atoms with Gasteiger partial charge in [0.25, 0.3) is 15.9 Å². The van der Waals surface area contributed by atoms with E-state index in [0.717, 1.165) is 5.56 Å². The van der Waals surface area contributed by atoms with E-state index in [9.17, 15) is 13.2 Å². The first-order chi connectivity index (χ1) is 16.4. The number of carbonyl (C=O) groups excluding carboxylic acids is 1. The topological polar surface area (TPSA) is 112 Å². The highest BCUT2D eigenvalue weighted by Crippen LogP contribution is 2.32. The lowest BCUT2D eigenvalue weighted by Crippen LogP contribution is -2.28. The summed E-state index contributed by atoms with van der Waals surface area (Å²) in [5.41, 5.74) is 1.29. The van der Waals surface area contributed by atoms with Gasteiger partial charge in [-0.3, -0.25) is 9.52 Å². The number of rotatable bonds is 10. The van der Waals surface area contributed by atoms with Crippen molar-refractivity contribution in [1.29, 1.82) is 0 Å². The fourth-order valence-electron chi connectivity index (χ4n) is 3.17. The van der Waals surface area contributed by atoms with Gasteiger partial charge in [0.1, 0.15) is 11.5 Å². The van der Waals surface area contributed by atoms with Crippen LogP contribution < -0.4 is 29.0 Å². The van der Waals surface area contributed by atoms with Crippen molar-refractivity contribution < 1.29 is 32.2 Å². The van der Waals surface area contributed by atoms with Crippen LogP contribution in [-0.2, 0) is 21.4 Å². The molecule has 9 nitrogen and oxygen atoms in total. The van der Waals surface area contributed by atoms with Crippen molar-refractivity contribution in [3.05, 3.63) is 72.3 Å². The van der Waals surface area contributed by atoms with Crippen molar-refractivity contribution in [2.75, 3.05) is 24.7 Å². The van der Waals surface area contributed by atoms with Gasteiger partial charge in [0.05, 0.1) is 11.5 Å². The van der Waals surface area contributed by atoms with Crippen LogP contribution in [0.4, 0.5) is 5.69 Å². The number of fused-ring (bicyclic) bond motifs is 1. The second-order valence-corrected chi connectivity index (χ2v) is 8.97. The lowest BCUT2D eigenvalue weighted by atomic mass is 10.2. The molecule has 34 heavy (non-hydrogen) atoms. The summed E-state index contributed by atoms with van der Waals surface area (Å²) in [4.78, 5) is 12.2. The molecule has 2 N–H and O–H groups in total. The minimum Gasteiger partial charge on any atom is -0.494 e. The van der Waals surface area contributed by atoms with Crippen molar-refractivity contribution in [3.63, 3.8) is 0 Å². The Balaban J connectivity index is 1.26. The maximum atomic E-state index is 12.6. The van der Waals surface area contributed by atoms with E-state index >= 15 is 0 Å². The molecule has 0 fully saturated rings. The average Bonchev–Trinajstić information content (AvgIpc) is 3.31. The zero-order valence-electron chi connectivity index (χ0n) is 18.4. The van der Waals surface area contributed by atoms with Gasteiger partial charge in [-0.1, -0.05) is 6.07 Å². The molecule has 1 heterocycles. The number of anilines is 1. The molecule has 3 aromatic carbocycles. The van der Waals surface area contributed by atoms with Gasteiger partial charge in [-0.05, 0) is 73.2 Å². The molecule has 1 amide bonds. The van der Waals surface area contributed by atoms with Crippen LogP contribution in [-0.4, -0.2) is 34.3 Å². The molecule has 0 aliphatic carbocycles. The first-order valence-corrected chi connectivity index (χ1v) is 12.0. The Labute approximate surface area is 197 Å². The summed E-state index contributed by atoms with van der Waals surface area (Å²) in [7, 11) is -3.77. The molecule has 4 rings (SSSR count). The summed E-state index contributed by atoms with van der Waals surface area (Å²) in [6.07, 6.45) is 0. The zero-order valence-corrected chi connectivity index (χ0v) is 19.3. The van der Waals surface area contributed by atoms with Crippen LogP contribution in [0.5, 0.6) is 23.0 Å². The predicted molar refractivity (Wildman–Crippen MR) is 125 cm³/mol. The highest BCUT2D eigenvalue weighted by atomic mass is 32.2. The summed E-state index contributed by atoms with van der Waals surface area (Å²) in [5.74, 6) is 2.05. The minimum atomic E-state index is -3.77. The van der Waals surface area contributed by atoms with Gasteiger partial charge in [-0.15, -0.1) is 0 Å². The molecule has 0 saturated carbocycles. The molecule has 0 bridgehead atoms. The third kappa shape index (κ3) is 5.90. The quantitative estimate of drug-likeness (QED) is 0.454. The van der Waals surface area contributed by atoms with E-state index in [0.29, 0.717) is 41.8 Å². The maximum absolute atomic E-state index is 12.6. The molecule has 1 aliphatic heterocycles. The van der Waals surface area contributed by atoms with E-state index in [4.69, 9.17) is 18.9 Å². The molecule has 3 aromatic rings. The Kier molecular flexibility index (Phi) is 7.07. The number of hydrogen-bond donors (Lipinski definition) is 2. The highest BCUT2D eigenvalue weighted by molar-refractivity contribution is 7.92. The van der Waals surface area contributed by atoms with Crippen molar-refractivity contribution >= 4 is 21.6 Å². The number of benzene rings is 3. The molecular formula is C24H24N2O7S. The summed E-state index contributed by atoms with van der Waals surface area (Å²) in [6, 6.07) is 17.9. The van der Waals surface area contributed by atoms with Crippen LogP contribution in [0.3, 0.4) is 0 Å². The Morgan fingerprint density at radius 2 is 1.59 bits per heavy atom. The Hall–Kier alpha value is -3.92. The van der Waals surface area contributed by atoms with Crippen LogP contribution in [0.2, 0.25) is 0 Å². The average molecular weight is 485 g/mol. The maximum Gasteiger partial charge on any atom is 0.261 e. The van der Waals surface area contributed by atoms with E-state index in [1.54, 1.807) is 30.3 Å². The van der Waals surface area contributed by atoms with Crippen LogP contribution in [0.15, 0.2) is 71.6 Å². The Morgan fingerprint density at radius 1 is 0.912 bits per heavy atom. The number of amides is 1. The molecule has 1 aliphatic rings. The number of carbonyl (C=O) groups is 1. The second-order valence-electron chi connectivity index (χ2n) is 7.29. The number of hydrogen-bond acceptors (Lipinski definition) is 7. The van der Waals surface area contributed by atoms with Crippen molar-refractivity contribution in [1.82, 2.24) is 5.32 Å². The minimum absolute atomic E-state index is 0.0704. The lowest BCUT2D eigenvalue weighted by Gasteiger charge is -2.11. The van der Waals surface area contributed by atoms with E-state index in [1.807, 2.05) is 19.1 Å². The largest absolute Gasteiger partial charge is 0.494 e. The smallest absolute Gasteiger partial charge is 0.261 e. The van der Waals surface area contributed by atoms with Crippen molar-refractivity contribution in [3.8, 4) is 23.0 Å². The monoisotopic (exact) mass is 484 g/mol. The highest BCUT2D eigenvalue weighted by Gasteiger charge is 2.15. The van der Waals surface area contributed by atoms with Crippen molar-refractivity contribution in [2.45, 2.75) is 18.4 Å². The fourth-order valence-corrected chi connectivity index (χ4v) is 4.23. The lowest BCUT2D eigenvalue weighted by molar-refractivity contribution is -0.123. The first kappa shape index (κ1) is 23.2. The fraction of sp³-hybridized carbons (Fsp3) is 0.208. The first-order valence-electron chi connectivity index (χ1n) is 10.6. The van der Waals surface area contributed by atoms with Crippen LogP contribution in [0, 0.1) is 0 Å². The van der Waals surface area contributed by atoms with E-state index in [-0.39, 0.29) is 24.2 Å². The summed E-state index contributed by atoms with van der Waals surface area (Å²) in [5, 5.41) is 2.76.